The van der Waals surface area contributed by atoms with Gasteiger partial charge in [0.2, 0.25) is 9.05 Å². The van der Waals surface area contributed by atoms with Gasteiger partial charge in [0.15, 0.2) is 0 Å². The molecule has 2 aliphatic heterocycles. The molecule has 0 saturated carbocycles. The van der Waals surface area contributed by atoms with Crippen LogP contribution in [0.15, 0.2) is 0 Å². The molecule has 6 heteroatoms. The maximum Gasteiger partial charge on any atom is 0.235 e. The van der Waals surface area contributed by atoms with Crippen LogP contribution in [0.5, 0.6) is 0 Å². The number of rotatable bonds is 2. The second-order valence-electron chi connectivity index (χ2n) is 3.64. The Bertz CT molecular complexity index is 298. The van der Waals surface area contributed by atoms with Gasteiger partial charge in [-0.15, -0.1) is 0 Å². The van der Waals surface area contributed by atoms with Crippen LogP contribution in [-0.2, 0) is 18.5 Å². The topological polar surface area (TPSA) is 52.6 Å². The highest BCUT2D eigenvalue weighted by molar-refractivity contribution is 8.13. The minimum absolute atomic E-state index is 0.141. The molecule has 2 bridgehead atoms. The number of ether oxygens (including phenoxy) is 2. The van der Waals surface area contributed by atoms with Gasteiger partial charge in [-0.05, 0) is 6.42 Å². The minimum atomic E-state index is -3.50. The van der Waals surface area contributed by atoms with Gasteiger partial charge in [0.25, 0.3) is 0 Å². The molecular formula is C7H11ClO4S. The lowest BCUT2D eigenvalue weighted by atomic mass is 9.98. The summed E-state index contributed by atoms with van der Waals surface area (Å²) in [4.78, 5) is 0. The first-order valence-corrected chi connectivity index (χ1v) is 6.65. The summed E-state index contributed by atoms with van der Waals surface area (Å²) in [5, 5.41) is 0. The van der Waals surface area contributed by atoms with Gasteiger partial charge in [-0.2, -0.15) is 0 Å². The molecule has 0 aromatic carbocycles. The predicted molar refractivity (Wildman–Crippen MR) is 47.3 cm³/mol. The fourth-order valence-electron chi connectivity index (χ4n) is 1.95. The lowest BCUT2D eigenvalue weighted by Crippen LogP contribution is -2.42. The Labute approximate surface area is 81.6 Å². The van der Waals surface area contributed by atoms with Crippen molar-refractivity contribution in [3.05, 3.63) is 0 Å². The van der Waals surface area contributed by atoms with E-state index in [2.05, 4.69) is 0 Å². The molecule has 2 saturated heterocycles. The van der Waals surface area contributed by atoms with Crippen LogP contribution in [0.1, 0.15) is 12.8 Å². The van der Waals surface area contributed by atoms with Gasteiger partial charge in [-0.25, -0.2) is 8.42 Å². The van der Waals surface area contributed by atoms with E-state index in [1.165, 1.54) is 0 Å². The zero-order chi connectivity index (χ0) is 9.53. The molecular weight excluding hydrogens is 216 g/mol. The second-order valence-corrected chi connectivity index (χ2v) is 6.42. The average molecular weight is 227 g/mol. The van der Waals surface area contributed by atoms with Crippen molar-refractivity contribution in [2.45, 2.75) is 24.5 Å². The van der Waals surface area contributed by atoms with Gasteiger partial charge in [-0.3, -0.25) is 0 Å². The highest BCUT2D eigenvalue weighted by Gasteiger charge is 2.47. The molecule has 0 aromatic heterocycles. The van der Waals surface area contributed by atoms with Gasteiger partial charge >= 0.3 is 0 Å². The van der Waals surface area contributed by atoms with Gasteiger partial charge < -0.3 is 9.47 Å². The van der Waals surface area contributed by atoms with Crippen molar-refractivity contribution in [3.8, 4) is 0 Å². The number of fused-ring (bicyclic) bond motifs is 2. The molecule has 2 fully saturated rings. The largest absolute Gasteiger partial charge is 0.375 e. The third-order valence-corrected chi connectivity index (χ3v) is 3.66. The van der Waals surface area contributed by atoms with E-state index in [-0.39, 0.29) is 11.9 Å². The molecule has 2 aliphatic rings. The maximum absolute atomic E-state index is 10.9. The van der Waals surface area contributed by atoms with Crippen molar-refractivity contribution in [1.82, 2.24) is 0 Å². The Balaban J connectivity index is 2.12. The first-order chi connectivity index (χ1) is 5.99. The molecule has 0 spiro atoms. The van der Waals surface area contributed by atoms with Gasteiger partial charge in [0.1, 0.15) is 5.60 Å². The van der Waals surface area contributed by atoms with Crippen LogP contribution in [0.2, 0.25) is 0 Å². The summed E-state index contributed by atoms with van der Waals surface area (Å²) in [7, 11) is 1.69. The third-order valence-electron chi connectivity index (χ3n) is 2.47. The zero-order valence-electron chi connectivity index (χ0n) is 7.03. The Morgan fingerprint density at radius 2 is 2.31 bits per heavy atom. The van der Waals surface area contributed by atoms with Crippen LogP contribution in [0, 0.1) is 0 Å². The molecule has 2 unspecified atom stereocenters. The first-order valence-electron chi connectivity index (χ1n) is 4.17. The Morgan fingerprint density at radius 3 is 3.00 bits per heavy atom. The van der Waals surface area contributed by atoms with E-state index in [9.17, 15) is 8.42 Å². The SMILES string of the molecule is O=S(=O)(Cl)CC12COC(CCO1)C2. The van der Waals surface area contributed by atoms with E-state index in [0.29, 0.717) is 19.6 Å². The monoisotopic (exact) mass is 226 g/mol. The quantitative estimate of drug-likeness (QED) is 0.644. The van der Waals surface area contributed by atoms with Crippen LogP contribution in [0.25, 0.3) is 0 Å². The van der Waals surface area contributed by atoms with Gasteiger partial charge in [0, 0.05) is 23.7 Å². The molecule has 0 amide bonds. The molecule has 13 heavy (non-hydrogen) atoms. The molecule has 0 N–H and O–H groups in total. The van der Waals surface area contributed by atoms with Crippen molar-refractivity contribution in [2.75, 3.05) is 19.0 Å². The summed E-state index contributed by atoms with van der Waals surface area (Å²) < 4.78 is 32.6. The molecule has 2 rings (SSSR count). The minimum Gasteiger partial charge on any atom is -0.375 e. The summed E-state index contributed by atoms with van der Waals surface area (Å²) >= 11 is 0. The summed E-state index contributed by atoms with van der Waals surface area (Å²) in [5.74, 6) is -0.141. The van der Waals surface area contributed by atoms with Crippen LogP contribution in [-0.4, -0.2) is 39.1 Å². The molecule has 0 aromatic rings. The lowest BCUT2D eigenvalue weighted by Gasteiger charge is -2.29. The lowest BCUT2D eigenvalue weighted by molar-refractivity contribution is -0.0349. The van der Waals surface area contributed by atoms with Gasteiger partial charge in [0.05, 0.1) is 18.5 Å². The van der Waals surface area contributed by atoms with Crippen LogP contribution in [0.3, 0.4) is 0 Å². The van der Waals surface area contributed by atoms with Crippen molar-refractivity contribution in [2.24, 2.45) is 0 Å². The first kappa shape index (κ1) is 9.71. The van der Waals surface area contributed by atoms with Crippen molar-refractivity contribution < 1.29 is 17.9 Å². The number of hydrogen-bond acceptors (Lipinski definition) is 4. The zero-order valence-corrected chi connectivity index (χ0v) is 8.60. The smallest absolute Gasteiger partial charge is 0.235 e. The summed E-state index contributed by atoms with van der Waals surface area (Å²) in [6, 6.07) is 0. The maximum atomic E-state index is 10.9. The van der Waals surface area contributed by atoms with Crippen LogP contribution in [0.4, 0.5) is 0 Å². The Hall–Kier alpha value is 0.160. The number of halogens is 1. The molecule has 0 aliphatic carbocycles. The van der Waals surface area contributed by atoms with Crippen molar-refractivity contribution >= 4 is 19.7 Å². The standard InChI is InChI=1S/C7H11ClO4S/c8-13(9,10)5-7-3-6(11-4-7)1-2-12-7/h6H,1-5H2. The highest BCUT2D eigenvalue weighted by atomic mass is 35.7. The van der Waals surface area contributed by atoms with E-state index >= 15 is 0 Å². The fraction of sp³-hybridized carbons (Fsp3) is 1.00. The Kier molecular flexibility index (Phi) is 2.30. The molecule has 2 atom stereocenters. The summed E-state index contributed by atoms with van der Waals surface area (Å²) in [5.41, 5.74) is -0.663. The predicted octanol–water partition coefficient (Wildman–Crippen LogP) is 0.503. The molecule has 76 valence electrons. The molecule has 0 radical (unpaired) electrons. The van der Waals surface area contributed by atoms with Crippen molar-refractivity contribution in [3.63, 3.8) is 0 Å². The Morgan fingerprint density at radius 1 is 1.54 bits per heavy atom. The van der Waals surface area contributed by atoms with E-state index in [1.54, 1.807) is 0 Å². The van der Waals surface area contributed by atoms with Gasteiger partial charge in [-0.1, -0.05) is 0 Å². The average Bonchev–Trinajstić information content (AvgIpc) is 2.23. The molecule has 4 nitrogen and oxygen atoms in total. The second kappa shape index (κ2) is 3.08. The van der Waals surface area contributed by atoms with E-state index in [0.717, 1.165) is 6.42 Å². The normalized spacial score (nSPS) is 39.3. The van der Waals surface area contributed by atoms with Crippen LogP contribution < -0.4 is 0 Å². The number of hydrogen-bond donors (Lipinski definition) is 0. The van der Waals surface area contributed by atoms with E-state index in [4.69, 9.17) is 20.2 Å². The summed E-state index contributed by atoms with van der Waals surface area (Å²) in [6.45, 7) is 0.917. The van der Waals surface area contributed by atoms with Crippen molar-refractivity contribution in [1.29, 1.82) is 0 Å². The fourth-order valence-corrected chi connectivity index (χ4v) is 3.46. The van der Waals surface area contributed by atoms with E-state index < -0.39 is 14.7 Å². The van der Waals surface area contributed by atoms with Crippen LogP contribution >= 0.6 is 10.7 Å². The third kappa shape index (κ3) is 2.15. The molecule has 2 heterocycles. The summed E-state index contributed by atoms with van der Waals surface area (Å²) in [6.07, 6.45) is 1.66. The highest BCUT2D eigenvalue weighted by Crippen LogP contribution is 2.35. The van der Waals surface area contributed by atoms with E-state index in [1.807, 2.05) is 0 Å².